The maximum absolute atomic E-state index is 12.8. The topological polar surface area (TPSA) is 54.3 Å². The molecule has 0 radical (unpaired) electrons. The van der Waals surface area contributed by atoms with Gasteiger partial charge in [-0.1, -0.05) is 12.1 Å². The Morgan fingerprint density at radius 3 is 2.59 bits per heavy atom. The number of furan rings is 1. The molecule has 0 aliphatic carbocycles. The van der Waals surface area contributed by atoms with Crippen LogP contribution in [0.2, 0.25) is 0 Å². The van der Waals surface area contributed by atoms with Gasteiger partial charge in [-0.15, -0.1) is 0 Å². The van der Waals surface area contributed by atoms with Gasteiger partial charge < -0.3 is 9.73 Å². The van der Waals surface area contributed by atoms with Crippen molar-refractivity contribution in [2.45, 2.75) is 19.1 Å². The summed E-state index contributed by atoms with van der Waals surface area (Å²) in [5.41, 5.74) is -1.13. The average molecular weight is 312 g/mol. The van der Waals surface area contributed by atoms with Crippen LogP contribution in [-0.2, 0) is 11.0 Å². The highest BCUT2D eigenvalue weighted by atomic mass is 19.4. The summed E-state index contributed by atoms with van der Waals surface area (Å²) in [6.45, 7) is 1.66. The van der Waals surface area contributed by atoms with Gasteiger partial charge >= 0.3 is 6.18 Å². The summed E-state index contributed by atoms with van der Waals surface area (Å²) < 4.78 is 43.6. The first kappa shape index (κ1) is 16.1. The molecule has 0 fully saturated rings. The molecular weight excluding hydrogens is 297 g/mol. The van der Waals surface area contributed by atoms with E-state index in [1.165, 1.54) is 24.5 Å². The molecule has 118 valence electrons. The van der Waals surface area contributed by atoms with Gasteiger partial charge in [-0.25, -0.2) is 0 Å². The number of carbonyl (C=O) groups is 1. The number of hydrogen-bond acceptors (Lipinski definition) is 3. The van der Waals surface area contributed by atoms with Crippen molar-refractivity contribution in [3.8, 4) is 0 Å². The van der Waals surface area contributed by atoms with Crippen LogP contribution >= 0.6 is 0 Å². The number of rotatable bonds is 5. The second kappa shape index (κ2) is 6.65. The second-order valence-electron chi connectivity index (χ2n) is 4.71. The Labute approximate surface area is 125 Å². The summed E-state index contributed by atoms with van der Waals surface area (Å²) >= 11 is 0. The fourth-order valence-electron chi connectivity index (χ4n) is 1.92. The molecule has 1 aromatic heterocycles. The molecule has 0 aliphatic rings. The summed E-state index contributed by atoms with van der Waals surface area (Å²) in [6, 6.07) is 8.09. The Balaban J connectivity index is 1.95. The highest BCUT2D eigenvalue weighted by Crippen LogP contribution is 2.34. The molecule has 4 nitrogen and oxygen atoms in total. The minimum atomic E-state index is -4.52. The number of hydrogen-bond donors (Lipinski definition) is 2. The molecule has 22 heavy (non-hydrogen) atoms. The van der Waals surface area contributed by atoms with E-state index in [0.29, 0.717) is 5.76 Å². The zero-order chi connectivity index (χ0) is 16.2. The molecule has 7 heteroatoms. The van der Waals surface area contributed by atoms with Crippen LogP contribution in [0.5, 0.6) is 0 Å². The Morgan fingerprint density at radius 1 is 1.23 bits per heavy atom. The smallest absolute Gasteiger partial charge is 0.418 e. The van der Waals surface area contributed by atoms with Crippen LogP contribution in [0.3, 0.4) is 0 Å². The lowest BCUT2D eigenvalue weighted by Crippen LogP contribution is -2.30. The summed E-state index contributed by atoms with van der Waals surface area (Å²) in [6.07, 6.45) is -3.01. The van der Waals surface area contributed by atoms with Crippen LogP contribution in [0, 0.1) is 0 Å². The van der Waals surface area contributed by atoms with E-state index in [1.807, 2.05) is 0 Å². The zero-order valence-corrected chi connectivity index (χ0v) is 11.8. The molecule has 0 saturated carbocycles. The predicted octanol–water partition coefficient (Wildman–Crippen LogP) is 3.59. The second-order valence-corrected chi connectivity index (χ2v) is 4.71. The van der Waals surface area contributed by atoms with E-state index in [2.05, 4.69) is 10.6 Å². The molecule has 0 unspecified atom stereocenters. The Hall–Kier alpha value is -2.28. The van der Waals surface area contributed by atoms with Crippen molar-refractivity contribution in [3.05, 3.63) is 54.0 Å². The monoisotopic (exact) mass is 312 g/mol. The lowest BCUT2D eigenvalue weighted by Gasteiger charge is -2.15. The van der Waals surface area contributed by atoms with E-state index in [1.54, 1.807) is 19.1 Å². The minimum absolute atomic E-state index is 0.131. The molecule has 0 spiro atoms. The molecule has 1 amide bonds. The largest absolute Gasteiger partial charge is 0.468 e. The zero-order valence-electron chi connectivity index (χ0n) is 11.8. The van der Waals surface area contributed by atoms with Crippen molar-refractivity contribution >= 4 is 11.6 Å². The van der Waals surface area contributed by atoms with Crippen LogP contribution in [-0.4, -0.2) is 12.5 Å². The lowest BCUT2D eigenvalue weighted by atomic mass is 10.1. The van der Waals surface area contributed by atoms with E-state index in [0.717, 1.165) is 6.07 Å². The Morgan fingerprint density at radius 2 is 1.95 bits per heavy atom. The third kappa shape index (κ3) is 4.11. The highest BCUT2D eigenvalue weighted by molar-refractivity contribution is 5.93. The first-order chi connectivity index (χ1) is 10.4. The molecule has 2 rings (SSSR count). The quantitative estimate of drug-likeness (QED) is 0.887. The van der Waals surface area contributed by atoms with Crippen molar-refractivity contribution in [1.29, 1.82) is 0 Å². The van der Waals surface area contributed by atoms with E-state index in [4.69, 9.17) is 4.42 Å². The Kier molecular flexibility index (Phi) is 4.87. The molecule has 2 N–H and O–H groups in total. The van der Waals surface area contributed by atoms with Gasteiger partial charge in [0.15, 0.2) is 0 Å². The number of carbonyl (C=O) groups excluding carboxylic acids is 1. The van der Waals surface area contributed by atoms with Crippen molar-refractivity contribution in [1.82, 2.24) is 5.32 Å². The number of anilines is 1. The number of para-hydroxylation sites is 1. The standard InChI is InChI=1S/C15H15F3N2O2/c1-10(13-7-4-8-22-13)19-9-14(21)20-12-6-3-2-5-11(12)15(16,17)18/h2-8,10,19H,9H2,1H3,(H,20,21)/t10-/m1/s1. The summed E-state index contributed by atoms with van der Waals surface area (Å²) in [5, 5.41) is 5.14. The van der Waals surface area contributed by atoms with Gasteiger partial charge in [0.25, 0.3) is 0 Å². The number of halogens is 3. The first-order valence-corrected chi connectivity index (χ1v) is 6.61. The number of nitrogens with one attached hydrogen (secondary N) is 2. The molecule has 0 aliphatic heterocycles. The maximum atomic E-state index is 12.8. The van der Waals surface area contributed by atoms with Crippen molar-refractivity contribution in [2.75, 3.05) is 11.9 Å². The first-order valence-electron chi connectivity index (χ1n) is 6.61. The van der Waals surface area contributed by atoms with Crippen molar-refractivity contribution < 1.29 is 22.4 Å². The molecule has 0 bridgehead atoms. The predicted molar refractivity (Wildman–Crippen MR) is 75.2 cm³/mol. The molecule has 1 atom stereocenters. The van der Waals surface area contributed by atoms with Crippen molar-refractivity contribution in [3.63, 3.8) is 0 Å². The minimum Gasteiger partial charge on any atom is -0.468 e. The van der Waals surface area contributed by atoms with Crippen molar-refractivity contribution in [2.24, 2.45) is 0 Å². The molecule has 2 aromatic rings. The fourth-order valence-corrected chi connectivity index (χ4v) is 1.92. The summed E-state index contributed by atoms with van der Waals surface area (Å²) in [4.78, 5) is 11.8. The van der Waals surface area contributed by atoms with Gasteiger partial charge in [-0.2, -0.15) is 13.2 Å². The number of amides is 1. The van der Waals surface area contributed by atoms with Gasteiger partial charge in [-0.3, -0.25) is 10.1 Å². The van der Waals surface area contributed by atoms with E-state index in [-0.39, 0.29) is 18.3 Å². The Bertz CT molecular complexity index is 624. The summed E-state index contributed by atoms with van der Waals surface area (Å²) in [5.74, 6) is 0.0820. The van der Waals surface area contributed by atoms with E-state index < -0.39 is 17.6 Å². The summed E-state index contributed by atoms with van der Waals surface area (Å²) in [7, 11) is 0. The van der Waals surface area contributed by atoms with Crippen LogP contribution in [0.25, 0.3) is 0 Å². The van der Waals surface area contributed by atoms with Crippen LogP contribution in [0.4, 0.5) is 18.9 Å². The number of alkyl halides is 3. The molecule has 1 heterocycles. The van der Waals surface area contributed by atoms with Gasteiger partial charge in [0.2, 0.25) is 5.91 Å². The molecular formula is C15H15F3N2O2. The van der Waals surface area contributed by atoms with E-state index >= 15 is 0 Å². The van der Waals surface area contributed by atoms with Gasteiger partial charge in [0.05, 0.1) is 30.1 Å². The highest BCUT2D eigenvalue weighted by Gasteiger charge is 2.33. The maximum Gasteiger partial charge on any atom is 0.418 e. The van der Waals surface area contributed by atoms with Crippen LogP contribution in [0.1, 0.15) is 24.3 Å². The third-order valence-electron chi connectivity index (χ3n) is 3.05. The fraction of sp³-hybridized carbons (Fsp3) is 0.267. The average Bonchev–Trinajstić information content (AvgIpc) is 2.98. The normalized spacial score (nSPS) is 12.9. The number of benzene rings is 1. The van der Waals surface area contributed by atoms with Gasteiger partial charge in [-0.05, 0) is 31.2 Å². The van der Waals surface area contributed by atoms with Gasteiger partial charge in [0, 0.05) is 0 Å². The van der Waals surface area contributed by atoms with Crippen LogP contribution < -0.4 is 10.6 Å². The lowest BCUT2D eigenvalue weighted by molar-refractivity contribution is -0.137. The van der Waals surface area contributed by atoms with Crippen LogP contribution in [0.15, 0.2) is 47.1 Å². The van der Waals surface area contributed by atoms with E-state index in [9.17, 15) is 18.0 Å². The SMILES string of the molecule is C[C@@H](NCC(=O)Nc1ccccc1C(F)(F)F)c1ccco1. The van der Waals surface area contributed by atoms with Gasteiger partial charge in [0.1, 0.15) is 5.76 Å². The molecule has 1 aromatic carbocycles. The third-order valence-corrected chi connectivity index (χ3v) is 3.05. The molecule has 0 saturated heterocycles.